The van der Waals surface area contributed by atoms with Crippen LogP contribution >= 0.6 is 35.6 Å². The van der Waals surface area contributed by atoms with Crippen molar-refractivity contribution < 1.29 is 9.21 Å². The Morgan fingerprint density at radius 1 is 1.14 bits per heavy atom. The lowest BCUT2D eigenvalue weighted by Gasteiger charge is -2.06. The number of rotatable bonds is 5. The summed E-state index contributed by atoms with van der Waals surface area (Å²) in [7, 11) is 3.85. The summed E-state index contributed by atoms with van der Waals surface area (Å²) in [6.45, 7) is 0.692. The van der Waals surface area contributed by atoms with Crippen LogP contribution in [-0.4, -0.2) is 31.3 Å². The molecule has 0 atom stereocenters. The Hall–Kier alpha value is -1.000. The first-order chi connectivity index (χ1) is 9.45. The molecule has 0 aliphatic heterocycles. The Morgan fingerprint density at radius 2 is 1.76 bits per heavy atom. The summed E-state index contributed by atoms with van der Waals surface area (Å²) in [5.74, 6) is 0.929. The number of carbonyl (C=O) groups is 1. The highest BCUT2D eigenvalue weighted by Crippen LogP contribution is 2.28. The van der Waals surface area contributed by atoms with Crippen LogP contribution < -0.4 is 0 Å². The monoisotopic (exact) mass is 347 g/mol. The van der Waals surface area contributed by atoms with Gasteiger partial charge in [-0.2, -0.15) is 0 Å². The molecular formula is C15H16Cl3NO2. The predicted molar refractivity (Wildman–Crippen MR) is 88.9 cm³/mol. The zero-order chi connectivity index (χ0) is 14.7. The second-order valence-corrected chi connectivity index (χ2v) is 5.67. The van der Waals surface area contributed by atoms with E-state index in [0.717, 1.165) is 5.56 Å². The summed E-state index contributed by atoms with van der Waals surface area (Å²) in [4.78, 5) is 13.9. The molecule has 0 saturated carbocycles. The third kappa shape index (κ3) is 5.04. The van der Waals surface area contributed by atoms with Crippen molar-refractivity contribution in [2.75, 3.05) is 20.6 Å². The van der Waals surface area contributed by atoms with Crippen LogP contribution in [0.25, 0.3) is 11.3 Å². The van der Waals surface area contributed by atoms with Gasteiger partial charge in [0.15, 0.2) is 11.5 Å². The van der Waals surface area contributed by atoms with E-state index in [-0.39, 0.29) is 18.2 Å². The normalized spacial score (nSPS) is 10.5. The fourth-order valence-electron chi connectivity index (χ4n) is 1.79. The second-order valence-electron chi connectivity index (χ2n) is 4.80. The summed E-state index contributed by atoms with van der Waals surface area (Å²) in [5, 5.41) is 1.06. The molecule has 3 nitrogen and oxygen atoms in total. The number of Topliss-reactive ketones (excluding diaryl/α,β-unsaturated/α-hetero) is 1. The van der Waals surface area contributed by atoms with Gasteiger partial charge in [-0.1, -0.05) is 23.2 Å². The van der Waals surface area contributed by atoms with E-state index >= 15 is 0 Å². The zero-order valence-corrected chi connectivity index (χ0v) is 14.1. The SMILES string of the molecule is CN(C)CCC(=O)c1ccc(-c2cc(Cl)cc(Cl)c2)o1.Cl. The Morgan fingerprint density at radius 3 is 2.33 bits per heavy atom. The maximum Gasteiger partial charge on any atom is 0.199 e. The lowest BCUT2D eigenvalue weighted by atomic mass is 10.2. The molecule has 114 valence electrons. The summed E-state index contributed by atoms with van der Waals surface area (Å²) in [5.41, 5.74) is 0.758. The third-order valence-corrected chi connectivity index (χ3v) is 3.25. The van der Waals surface area contributed by atoms with Gasteiger partial charge in [0.05, 0.1) is 0 Å². The van der Waals surface area contributed by atoms with Crippen molar-refractivity contribution >= 4 is 41.4 Å². The highest BCUT2D eigenvalue weighted by Gasteiger charge is 2.13. The fraction of sp³-hybridized carbons (Fsp3) is 0.267. The van der Waals surface area contributed by atoms with Crippen LogP contribution in [0.4, 0.5) is 0 Å². The molecule has 0 amide bonds. The summed E-state index contributed by atoms with van der Waals surface area (Å²) >= 11 is 11.9. The molecule has 0 fully saturated rings. The van der Waals surface area contributed by atoms with E-state index in [1.54, 1.807) is 30.3 Å². The maximum atomic E-state index is 12.0. The summed E-state index contributed by atoms with van der Waals surface area (Å²) < 4.78 is 5.59. The van der Waals surface area contributed by atoms with Crippen LogP contribution in [0.3, 0.4) is 0 Å². The molecule has 6 heteroatoms. The van der Waals surface area contributed by atoms with Crippen LogP contribution in [0.2, 0.25) is 10.0 Å². The molecule has 0 aliphatic rings. The molecule has 1 aromatic heterocycles. The Kier molecular flexibility index (Phi) is 6.75. The van der Waals surface area contributed by atoms with E-state index in [0.29, 0.717) is 34.5 Å². The van der Waals surface area contributed by atoms with Crippen molar-refractivity contribution in [2.24, 2.45) is 0 Å². The first-order valence-electron chi connectivity index (χ1n) is 6.20. The number of benzene rings is 1. The van der Waals surface area contributed by atoms with Crippen molar-refractivity contribution in [3.05, 3.63) is 46.1 Å². The predicted octanol–water partition coefficient (Wildman–Crippen LogP) is 4.81. The van der Waals surface area contributed by atoms with E-state index in [9.17, 15) is 4.79 Å². The first-order valence-corrected chi connectivity index (χ1v) is 6.95. The van der Waals surface area contributed by atoms with E-state index < -0.39 is 0 Å². The molecule has 0 spiro atoms. The molecule has 0 bridgehead atoms. The lowest BCUT2D eigenvalue weighted by molar-refractivity contribution is 0.0946. The molecule has 0 saturated heterocycles. The van der Waals surface area contributed by atoms with Crippen LogP contribution in [0.1, 0.15) is 17.0 Å². The average Bonchev–Trinajstić information content (AvgIpc) is 2.84. The van der Waals surface area contributed by atoms with Crippen molar-refractivity contribution in [3.8, 4) is 11.3 Å². The highest BCUT2D eigenvalue weighted by molar-refractivity contribution is 6.35. The number of hydrogen-bond acceptors (Lipinski definition) is 3. The van der Waals surface area contributed by atoms with Crippen LogP contribution in [0.5, 0.6) is 0 Å². The molecule has 1 aromatic carbocycles. The van der Waals surface area contributed by atoms with Gasteiger partial charge in [-0.05, 0) is 44.4 Å². The quantitative estimate of drug-likeness (QED) is 0.727. The van der Waals surface area contributed by atoms with Crippen molar-refractivity contribution in [3.63, 3.8) is 0 Å². The highest BCUT2D eigenvalue weighted by atomic mass is 35.5. The van der Waals surface area contributed by atoms with Crippen LogP contribution in [0, 0.1) is 0 Å². The Bertz CT molecular complexity index is 603. The van der Waals surface area contributed by atoms with E-state index in [1.807, 2.05) is 19.0 Å². The van der Waals surface area contributed by atoms with E-state index in [4.69, 9.17) is 27.6 Å². The average molecular weight is 349 g/mol. The number of halogens is 3. The summed E-state index contributed by atoms with van der Waals surface area (Å²) in [6.07, 6.45) is 0.427. The number of ketones is 1. The maximum absolute atomic E-state index is 12.0. The van der Waals surface area contributed by atoms with Gasteiger partial charge in [0.1, 0.15) is 5.76 Å². The van der Waals surface area contributed by atoms with Gasteiger partial charge in [0.25, 0.3) is 0 Å². The molecule has 0 aliphatic carbocycles. The number of hydrogen-bond donors (Lipinski definition) is 0. The Labute approximate surface area is 140 Å². The minimum Gasteiger partial charge on any atom is -0.453 e. The van der Waals surface area contributed by atoms with Crippen LogP contribution in [0.15, 0.2) is 34.7 Å². The molecule has 2 aromatic rings. The second kappa shape index (κ2) is 7.85. The van der Waals surface area contributed by atoms with Gasteiger partial charge < -0.3 is 9.32 Å². The Balaban J connectivity index is 0.00000220. The van der Waals surface area contributed by atoms with Gasteiger partial charge in [0, 0.05) is 28.6 Å². The minimum absolute atomic E-state index is 0. The van der Waals surface area contributed by atoms with Crippen molar-refractivity contribution in [1.82, 2.24) is 4.90 Å². The zero-order valence-electron chi connectivity index (χ0n) is 11.7. The van der Waals surface area contributed by atoms with Crippen LogP contribution in [-0.2, 0) is 0 Å². The van der Waals surface area contributed by atoms with E-state index in [2.05, 4.69) is 0 Å². The molecular weight excluding hydrogens is 333 g/mol. The third-order valence-electron chi connectivity index (χ3n) is 2.81. The smallest absolute Gasteiger partial charge is 0.199 e. The van der Waals surface area contributed by atoms with Gasteiger partial charge in [0.2, 0.25) is 0 Å². The van der Waals surface area contributed by atoms with Gasteiger partial charge in [-0.3, -0.25) is 4.79 Å². The minimum atomic E-state index is -0.0157. The first kappa shape index (κ1) is 18.1. The molecule has 2 rings (SSSR count). The van der Waals surface area contributed by atoms with Crippen molar-refractivity contribution in [1.29, 1.82) is 0 Å². The molecule has 21 heavy (non-hydrogen) atoms. The molecule has 0 unspecified atom stereocenters. The van der Waals surface area contributed by atoms with E-state index in [1.165, 1.54) is 0 Å². The number of nitrogens with zero attached hydrogens (tertiary/aromatic N) is 1. The topological polar surface area (TPSA) is 33.5 Å². The van der Waals surface area contributed by atoms with Crippen molar-refractivity contribution in [2.45, 2.75) is 6.42 Å². The largest absolute Gasteiger partial charge is 0.453 e. The number of furan rings is 1. The van der Waals surface area contributed by atoms with Gasteiger partial charge >= 0.3 is 0 Å². The van der Waals surface area contributed by atoms with Gasteiger partial charge in [-0.15, -0.1) is 12.4 Å². The number of carbonyl (C=O) groups excluding carboxylic acids is 1. The standard InChI is InChI=1S/C15H15Cl2NO2.ClH/c1-18(2)6-5-13(19)15-4-3-14(20-15)10-7-11(16)9-12(17)8-10;/h3-4,7-9H,5-6H2,1-2H3;1H. The summed E-state index contributed by atoms with van der Waals surface area (Å²) in [6, 6.07) is 8.59. The molecule has 0 radical (unpaired) electrons. The lowest BCUT2D eigenvalue weighted by Crippen LogP contribution is -2.16. The molecule has 1 heterocycles. The van der Waals surface area contributed by atoms with Gasteiger partial charge in [-0.25, -0.2) is 0 Å². The fourth-order valence-corrected chi connectivity index (χ4v) is 2.31. The molecule has 0 N–H and O–H groups in total.